The molecule has 1 aliphatic carbocycles. The summed E-state index contributed by atoms with van der Waals surface area (Å²) in [7, 11) is 5.01. The third kappa shape index (κ3) is 6.63. The van der Waals surface area contributed by atoms with Gasteiger partial charge in [-0.2, -0.15) is 5.10 Å². The Kier molecular flexibility index (Phi) is 8.59. The highest BCUT2D eigenvalue weighted by atomic mass is 19.3. The smallest absolute Gasteiger partial charge is 0.295 e. The van der Waals surface area contributed by atoms with Crippen LogP contribution in [0, 0.1) is 0 Å². The van der Waals surface area contributed by atoms with Crippen molar-refractivity contribution in [1.82, 2.24) is 30.7 Å². The lowest BCUT2D eigenvalue weighted by atomic mass is 10.0. The van der Waals surface area contributed by atoms with Gasteiger partial charge in [-0.1, -0.05) is 0 Å². The van der Waals surface area contributed by atoms with E-state index in [0.29, 0.717) is 29.5 Å². The topological polar surface area (TPSA) is 133 Å². The molecular weight excluding hydrogens is 546 g/mol. The molecule has 13 heteroatoms. The highest BCUT2D eigenvalue weighted by molar-refractivity contribution is 5.88. The van der Waals surface area contributed by atoms with Crippen LogP contribution in [-0.4, -0.2) is 60.4 Å². The van der Waals surface area contributed by atoms with Gasteiger partial charge in [-0.15, -0.1) is 0 Å². The van der Waals surface area contributed by atoms with Crippen LogP contribution in [0.4, 0.5) is 8.78 Å². The van der Waals surface area contributed by atoms with Crippen LogP contribution in [0.1, 0.15) is 31.0 Å². The zero-order valence-corrected chi connectivity index (χ0v) is 24.0. The Labute approximate surface area is 243 Å². The van der Waals surface area contributed by atoms with Crippen LogP contribution >= 0.6 is 0 Å². The molecule has 5 rings (SSSR count). The molecule has 2 aromatic heterocycles. The Morgan fingerprint density at radius 3 is 2.67 bits per heavy atom. The Morgan fingerprint density at radius 1 is 1.17 bits per heavy atom. The first-order valence-corrected chi connectivity index (χ1v) is 13.7. The van der Waals surface area contributed by atoms with E-state index in [-0.39, 0.29) is 24.5 Å². The van der Waals surface area contributed by atoms with Gasteiger partial charge in [0.1, 0.15) is 23.1 Å². The molecule has 1 aliphatic heterocycles. The minimum atomic E-state index is -2.89. The number of methoxy groups -OCH3 is 2. The summed E-state index contributed by atoms with van der Waals surface area (Å²) in [6.45, 7) is 3.00. The van der Waals surface area contributed by atoms with Crippen molar-refractivity contribution in [2.75, 3.05) is 21.3 Å². The highest BCUT2D eigenvalue weighted by Crippen LogP contribution is 2.37. The number of nitrogens with one attached hydrogen (secondary N) is 3. The summed E-state index contributed by atoms with van der Waals surface area (Å²) in [6, 6.07) is 7.29. The monoisotopic (exact) mass is 582 g/mol. The minimum absolute atomic E-state index is 0.0804. The number of halogens is 2. The summed E-state index contributed by atoms with van der Waals surface area (Å²) in [5.41, 5.74) is 7.77. The molecule has 11 nitrogen and oxygen atoms in total. The molecule has 0 saturated heterocycles. The van der Waals surface area contributed by atoms with E-state index in [1.165, 1.54) is 6.08 Å². The van der Waals surface area contributed by atoms with Gasteiger partial charge in [0.25, 0.3) is 6.43 Å². The average Bonchev–Trinajstić information content (AvgIpc) is 3.69. The molecule has 0 bridgehead atoms. The number of aromatic nitrogens is 3. The summed E-state index contributed by atoms with van der Waals surface area (Å²) in [4.78, 5) is 8.67. The van der Waals surface area contributed by atoms with Crippen LogP contribution in [0.5, 0.6) is 17.2 Å². The maximum Gasteiger partial charge on any atom is 0.295 e. The molecule has 2 aliphatic rings. The summed E-state index contributed by atoms with van der Waals surface area (Å²) < 4.78 is 46.8. The number of amidine groups is 1. The van der Waals surface area contributed by atoms with Crippen molar-refractivity contribution < 1.29 is 23.0 Å². The van der Waals surface area contributed by atoms with E-state index in [1.54, 1.807) is 44.8 Å². The lowest BCUT2D eigenvalue weighted by Gasteiger charge is -2.32. The lowest BCUT2D eigenvalue weighted by Crippen LogP contribution is -2.56. The largest absolute Gasteiger partial charge is 0.497 e. The first kappa shape index (κ1) is 29.3. The molecule has 2 unspecified atom stereocenters. The Morgan fingerprint density at radius 2 is 1.98 bits per heavy atom. The second-order valence-electron chi connectivity index (χ2n) is 10.4. The highest BCUT2D eigenvalue weighted by Gasteiger charge is 2.36. The standard InChI is InChI=1S/C29H36F2N8O3/c1-17(33-2)15-39-16-19(13-36-39)22-14-34-25(10-24(22)42-20-7-8-20)29(32)11-26(37-28(38-29)27(30)31)35-12-18-5-6-21(40-3)9-23(18)41-4/h5-6,9-11,13-14,16-17,20,27,33,35H,7-8,12,15,32H2,1-4H3,(H,37,38). The number of pyridine rings is 1. The maximum absolute atomic E-state index is 14.0. The van der Waals surface area contributed by atoms with Gasteiger partial charge in [-0.25, -0.2) is 13.8 Å². The van der Waals surface area contributed by atoms with Gasteiger partial charge in [0.2, 0.25) is 0 Å². The Hall–Kier alpha value is -4.23. The second-order valence-corrected chi connectivity index (χ2v) is 10.4. The molecule has 1 aromatic carbocycles. The molecular formula is C29H36F2N8O3. The third-order valence-corrected chi connectivity index (χ3v) is 7.11. The Bertz CT molecular complexity index is 1470. The number of nitrogens with two attached hydrogens (primary N) is 1. The van der Waals surface area contributed by atoms with Gasteiger partial charge >= 0.3 is 0 Å². The number of hydrogen-bond donors (Lipinski definition) is 4. The van der Waals surface area contributed by atoms with Crippen molar-refractivity contribution in [3.8, 4) is 28.4 Å². The molecule has 0 radical (unpaired) electrons. The van der Waals surface area contributed by atoms with Gasteiger partial charge < -0.3 is 35.9 Å². The molecule has 1 fully saturated rings. The molecule has 0 amide bonds. The average molecular weight is 583 g/mol. The van der Waals surface area contributed by atoms with E-state index in [2.05, 4.69) is 37.9 Å². The molecule has 2 atom stereocenters. The number of likely N-dealkylation sites (N-methyl/N-ethyl adjacent to an activating group) is 1. The molecule has 0 spiro atoms. The quantitative estimate of drug-likeness (QED) is 0.240. The van der Waals surface area contributed by atoms with Gasteiger partial charge in [0, 0.05) is 59.9 Å². The number of aliphatic imine (C=N–C) groups is 1. The van der Waals surface area contributed by atoms with Gasteiger partial charge in [0.05, 0.1) is 38.8 Å². The molecule has 224 valence electrons. The molecule has 1 saturated carbocycles. The summed E-state index contributed by atoms with van der Waals surface area (Å²) in [6.07, 6.45) is 5.93. The predicted molar refractivity (Wildman–Crippen MR) is 155 cm³/mol. The molecule has 3 heterocycles. The van der Waals surface area contributed by atoms with Crippen molar-refractivity contribution >= 4 is 5.84 Å². The van der Waals surface area contributed by atoms with E-state index < -0.39 is 17.9 Å². The summed E-state index contributed by atoms with van der Waals surface area (Å²) >= 11 is 0. The first-order valence-electron chi connectivity index (χ1n) is 13.7. The van der Waals surface area contributed by atoms with Crippen molar-refractivity contribution in [1.29, 1.82) is 0 Å². The lowest BCUT2D eigenvalue weighted by molar-refractivity contribution is 0.214. The zero-order valence-electron chi connectivity index (χ0n) is 24.0. The molecule has 3 aromatic rings. The number of rotatable bonds is 13. The number of alkyl halides is 2. The summed E-state index contributed by atoms with van der Waals surface area (Å²) in [5, 5.41) is 13.4. The fraction of sp³-hybridized carbons (Fsp3) is 0.414. The van der Waals surface area contributed by atoms with Crippen molar-refractivity contribution in [3.05, 3.63) is 66.0 Å². The minimum Gasteiger partial charge on any atom is -0.497 e. The van der Waals surface area contributed by atoms with Crippen LogP contribution in [0.15, 0.2) is 59.7 Å². The van der Waals surface area contributed by atoms with E-state index in [4.69, 9.17) is 19.9 Å². The van der Waals surface area contributed by atoms with Crippen molar-refractivity contribution in [3.63, 3.8) is 0 Å². The molecule has 5 N–H and O–H groups in total. The number of nitrogens with zero attached hydrogens (tertiary/aromatic N) is 4. The van der Waals surface area contributed by atoms with Crippen LogP contribution in [0.2, 0.25) is 0 Å². The van der Waals surface area contributed by atoms with Crippen LogP contribution in [0.3, 0.4) is 0 Å². The maximum atomic E-state index is 14.0. The third-order valence-electron chi connectivity index (χ3n) is 7.11. The van der Waals surface area contributed by atoms with Crippen LogP contribution in [0.25, 0.3) is 11.1 Å². The van der Waals surface area contributed by atoms with Gasteiger partial charge in [0.15, 0.2) is 11.5 Å². The Balaban J connectivity index is 1.44. The van der Waals surface area contributed by atoms with Crippen molar-refractivity contribution in [2.45, 2.75) is 57.1 Å². The zero-order chi connectivity index (χ0) is 29.9. The number of benzene rings is 1. The first-order chi connectivity index (χ1) is 20.2. The van der Waals surface area contributed by atoms with Crippen molar-refractivity contribution in [2.24, 2.45) is 10.7 Å². The fourth-order valence-corrected chi connectivity index (χ4v) is 4.49. The fourth-order valence-electron chi connectivity index (χ4n) is 4.49. The number of hydrogen-bond acceptors (Lipinski definition) is 10. The van der Waals surface area contributed by atoms with Gasteiger partial charge in [-0.3, -0.25) is 9.67 Å². The van der Waals surface area contributed by atoms with E-state index >= 15 is 0 Å². The van der Waals surface area contributed by atoms with Gasteiger partial charge in [-0.05, 0) is 38.9 Å². The van der Waals surface area contributed by atoms with E-state index in [1.807, 2.05) is 24.0 Å². The summed E-state index contributed by atoms with van der Waals surface area (Å²) in [5.74, 6) is 1.37. The van der Waals surface area contributed by atoms with Crippen LogP contribution in [-0.2, 0) is 18.8 Å². The SMILES string of the molecule is CNC(C)Cn1cc(-c2cnc(C3(N)C=C(NCc4ccc(OC)cc4OC)N=C(C(F)F)N3)cc2OC2CC2)cn1. The molecule has 42 heavy (non-hydrogen) atoms. The second kappa shape index (κ2) is 12.3. The normalized spacial score (nSPS) is 19.0. The number of ether oxygens (including phenoxy) is 3. The van der Waals surface area contributed by atoms with E-state index in [9.17, 15) is 8.78 Å². The predicted octanol–water partition coefficient (Wildman–Crippen LogP) is 3.12. The van der Waals surface area contributed by atoms with E-state index in [0.717, 1.165) is 29.5 Å². The van der Waals surface area contributed by atoms with Crippen LogP contribution < -0.4 is 35.9 Å².